The first-order valence-electron chi connectivity index (χ1n) is 3.19. The number of hydrogen-bond donors (Lipinski definition) is 0. The van der Waals surface area contributed by atoms with E-state index >= 15 is 0 Å². The molecule has 0 aromatic rings. The second-order valence-corrected chi connectivity index (χ2v) is 3.14. The van der Waals surface area contributed by atoms with Crippen LogP contribution in [0.2, 0.25) is 0 Å². The molecule has 0 saturated heterocycles. The highest BCUT2D eigenvalue weighted by Crippen LogP contribution is 2.38. The molecular weight excluding hydrogens is 132 g/mol. The van der Waals surface area contributed by atoms with Crippen LogP contribution < -0.4 is 0 Å². The summed E-state index contributed by atoms with van der Waals surface area (Å²) in [7, 11) is 0. The van der Waals surface area contributed by atoms with Crippen LogP contribution in [0.4, 0.5) is 0 Å². The lowest BCUT2D eigenvalue weighted by Crippen LogP contribution is -1.81. The number of rotatable bonds is 0. The zero-order valence-corrected chi connectivity index (χ0v) is 5.91. The van der Waals surface area contributed by atoms with Crippen LogP contribution in [0.15, 0.2) is 22.8 Å². The molecule has 0 aromatic carbocycles. The number of allylic oxidation sites excluding steroid dienone is 3. The monoisotopic (exact) mass is 140 g/mol. The molecule has 2 heteroatoms. The summed E-state index contributed by atoms with van der Waals surface area (Å²) in [4.78, 5) is 1.44. The van der Waals surface area contributed by atoms with Gasteiger partial charge >= 0.3 is 0 Å². The smallest absolute Gasteiger partial charge is 0.102 e. The van der Waals surface area contributed by atoms with Crippen LogP contribution >= 0.6 is 12.0 Å². The molecule has 0 atom stereocenters. The third kappa shape index (κ3) is 0.874. The Morgan fingerprint density at radius 2 is 2.44 bits per heavy atom. The van der Waals surface area contributed by atoms with Crippen molar-refractivity contribution in [3.05, 3.63) is 22.8 Å². The van der Waals surface area contributed by atoms with Gasteiger partial charge in [-0.1, -0.05) is 0 Å². The Morgan fingerprint density at radius 3 is 3.33 bits per heavy atom. The van der Waals surface area contributed by atoms with Crippen LogP contribution in [-0.4, -0.2) is 0 Å². The molecule has 0 fully saturated rings. The maximum atomic E-state index is 5.06. The zero-order chi connectivity index (χ0) is 6.10. The van der Waals surface area contributed by atoms with E-state index in [0.717, 1.165) is 0 Å². The third-order valence-corrected chi connectivity index (χ3v) is 2.56. The Balaban J connectivity index is 2.28. The summed E-state index contributed by atoms with van der Waals surface area (Å²) in [6.07, 6.45) is 7.64. The normalized spacial score (nSPS) is 24.0. The largest absolute Gasteiger partial charge is 0.429 e. The van der Waals surface area contributed by atoms with Crippen molar-refractivity contribution in [2.24, 2.45) is 0 Å². The minimum absolute atomic E-state index is 1.23. The predicted octanol–water partition coefficient (Wildman–Crippen LogP) is 2.62. The van der Waals surface area contributed by atoms with E-state index in [-0.39, 0.29) is 0 Å². The summed E-state index contributed by atoms with van der Waals surface area (Å²) < 4.78 is 5.06. The molecule has 0 saturated carbocycles. The van der Waals surface area contributed by atoms with E-state index in [2.05, 4.69) is 6.08 Å². The van der Waals surface area contributed by atoms with E-state index in [1.54, 1.807) is 6.26 Å². The van der Waals surface area contributed by atoms with Crippen molar-refractivity contribution in [2.75, 3.05) is 0 Å². The Labute approximate surface area is 59.0 Å². The van der Waals surface area contributed by atoms with Gasteiger partial charge in [-0.15, -0.1) is 0 Å². The van der Waals surface area contributed by atoms with Crippen LogP contribution in [0.3, 0.4) is 0 Å². The van der Waals surface area contributed by atoms with Gasteiger partial charge in [0.15, 0.2) is 0 Å². The van der Waals surface area contributed by atoms with Gasteiger partial charge in [0.2, 0.25) is 0 Å². The maximum Gasteiger partial charge on any atom is 0.102 e. The van der Waals surface area contributed by atoms with Crippen LogP contribution in [0.25, 0.3) is 0 Å². The van der Waals surface area contributed by atoms with Gasteiger partial charge in [0.1, 0.15) is 6.26 Å². The summed E-state index contributed by atoms with van der Waals surface area (Å²) in [5.41, 5.74) is 1.49. The van der Waals surface area contributed by atoms with Gasteiger partial charge in [-0.3, -0.25) is 0 Å². The molecule has 0 spiro atoms. The van der Waals surface area contributed by atoms with Crippen LogP contribution in [0.1, 0.15) is 19.3 Å². The zero-order valence-electron chi connectivity index (χ0n) is 5.09. The summed E-state index contributed by atoms with van der Waals surface area (Å²) in [6.45, 7) is 0. The van der Waals surface area contributed by atoms with Gasteiger partial charge in [0.05, 0.1) is 12.0 Å². The van der Waals surface area contributed by atoms with E-state index in [9.17, 15) is 0 Å². The molecule has 0 N–H and O–H groups in total. The van der Waals surface area contributed by atoms with Gasteiger partial charge < -0.3 is 4.18 Å². The summed E-state index contributed by atoms with van der Waals surface area (Å²) >= 11 is 1.53. The fourth-order valence-corrected chi connectivity index (χ4v) is 1.94. The van der Waals surface area contributed by atoms with Crippen LogP contribution in [-0.2, 0) is 4.18 Å². The van der Waals surface area contributed by atoms with Crippen LogP contribution in [0, 0.1) is 0 Å². The minimum Gasteiger partial charge on any atom is -0.429 e. The highest BCUT2D eigenvalue weighted by molar-refractivity contribution is 7.98. The molecule has 0 bridgehead atoms. The van der Waals surface area contributed by atoms with E-state index in [4.69, 9.17) is 4.18 Å². The first-order valence-corrected chi connectivity index (χ1v) is 3.93. The molecule has 1 aliphatic heterocycles. The van der Waals surface area contributed by atoms with Crippen molar-refractivity contribution < 1.29 is 4.18 Å². The molecule has 9 heavy (non-hydrogen) atoms. The Morgan fingerprint density at radius 1 is 1.44 bits per heavy atom. The molecule has 0 radical (unpaired) electrons. The van der Waals surface area contributed by atoms with Crippen molar-refractivity contribution in [3.8, 4) is 0 Å². The van der Waals surface area contributed by atoms with E-state index in [0.29, 0.717) is 0 Å². The maximum absolute atomic E-state index is 5.06. The predicted molar refractivity (Wildman–Crippen MR) is 38.7 cm³/mol. The average molecular weight is 140 g/mol. The van der Waals surface area contributed by atoms with Gasteiger partial charge in [0.25, 0.3) is 0 Å². The third-order valence-electron chi connectivity index (χ3n) is 1.68. The molecule has 2 aliphatic rings. The van der Waals surface area contributed by atoms with Gasteiger partial charge in [-0.25, -0.2) is 0 Å². The second kappa shape index (κ2) is 2.10. The summed E-state index contributed by atoms with van der Waals surface area (Å²) in [6, 6.07) is 0. The molecule has 2 rings (SSSR count). The molecule has 1 aliphatic carbocycles. The molecule has 1 nitrogen and oxygen atoms in total. The topological polar surface area (TPSA) is 9.23 Å². The highest BCUT2D eigenvalue weighted by atomic mass is 32.2. The Bertz CT molecular complexity index is 181. The fourth-order valence-electron chi connectivity index (χ4n) is 1.21. The molecule has 48 valence electrons. The van der Waals surface area contributed by atoms with Crippen molar-refractivity contribution in [1.29, 1.82) is 0 Å². The highest BCUT2D eigenvalue weighted by Gasteiger charge is 2.15. The lowest BCUT2D eigenvalue weighted by Gasteiger charge is -2.05. The van der Waals surface area contributed by atoms with E-state index < -0.39 is 0 Å². The first-order chi connectivity index (χ1) is 4.47. The lowest BCUT2D eigenvalue weighted by molar-refractivity contribution is 0.565. The Hall–Kier alpha value is -0.370. The fraction of sp³-hybridized carbons (Fsp3) is 0.429. The standard InChI is InChI=1S/C7H8OS/c1-2-6-4-5-8-9-7(6)3-1/h4-5H,1-3H2. The van der Waals surface area contributed by atoms with Crippen molar-refractivity contribution in [1.82, 2.24) is 0 Å². The van der Waals surface area contributed by atoms with Gasteiger partial charge in [-0.2, -0.15) is 0 Å². The SMILES string of the molecule is C1=CC2=C(CCC2)SO1. The average Bonchev–Trinajstić information content (AvgIpc) is 2.33. The number of hydrogen-bond acceptors (Lipinski definition) is 2. The molecule has 0 aromatic heterocycles. The van der Waals surface area contributed by atoms with Crippen molar-refractivity contribution in [3.63, 3.8) is 0 Å². The summed E-state index contributed by atoms with van der Waals surface area (Å²) in [5.74, 6) is 0. The molecule has 1 heterocycles. The second-order valence-electron chi connectivity index (χ2n) is 2.28. The van der Waals surface area contributed by atoms with E-state index in [1.807, 2.05) is 0 Å². The van der Waals surface area contributed by atoms with Crippen molar-refractivity contribution >= 4 is 12.0 Å². The quantitative estimate of drug-likeness (QED) is 0.478. The lowest BCUT2D eigenvalue weighted by atomic mass is 10.2. The molecule has 0 unspecified atom stereocenters. The molecular formula is C7H8OS. The first kappa shape index (κ1) is 5.42. The van der Waals surface area contributed by atoms with Crippen LogP contribution in [0.5, 0.6) is 0 Å². The minimum atomic E-state index is 1.23. The Kier molecular flexibility index (Phi) is 1.27. The molecule has 0 amide bonds. The van der Waals surface area contributed by atoms with Gasteiger partial charge in [-0.05, 0) is 30.9 Å². The van der Waals surface area contributed by atoms with E-state index in [1.165, 1.54) is 41.8 Å². The van der Waals surface area contributed by atoms with Crippen molar-refractivity contribution in [2.45, 2.75) is 19.3 Å². The van der Waals surface area contributed by atoms with Gasteiger partial charge in [0, 0.05) is 4.91 Å². The summed E-state index contributed by atoms with van der Waals surface area (Å²) in [5, 5.41) is 0.